The van der Waals surface area contributed by atoms with Crippen molar-refractivity contribution < 1.29 is 14.3 Å². The summed E-state index contributed by atoms with van der Waals surface area (Å²) in [4.78, 5) is 30.3. The zero-order chi connectivity index (χ0) is 20.9. The topological polar surface area (TPSA) is 49.9 Å². The molecule has 1 aliphatic carbocycles. The van der Waals surface area contributed by atoms with E-state index in [2.05, 4.69) is 9.80 Å². The lowest BCUT2D eigenvalue weighted by Crippen LogP contribution is -2.45. The number of amides is 1. The Hall–Kier alpha value is -1.24. The minimum atomic E-state index is 0.0731. The number of hydrogen-bond donors (Lipinski definition) is 0. The maximum atomic E-state index is 13.2. The van der Waals surface area contributed by atoms with Crippen LogP contribution in [0.25, 0.3) is 0 Å². The normalized spacial score (nSPS) is 23.8. The Morgan fingerprint density at radius 2 is 1.87 bits per heavy atom. The van der Waals surface area contributed by atoms with Gasteiger partial charge in [0.05, 0.1) is 17.4 Å². The van der Waals surface area contributed by atoms with Gasteiger partial charge in [0.1, 0.15) is 0 Å². The molecule has 3 aliphatic rings. The van der Waals surface area contributed by atoms with Gasteiger partial charge in [-0.2, -0.15) is 0 Å². The van der Waals surface area contributed by atoms with Crippen LogP contribution in [0.4, 0.5) is 0 Å². The molecular formula is C24H36N2O3S. The number of carbonyl (C=O) groups is 2. The molecule has 3 fully saturated rings. The molecule has 1 aromatic rings. The van der Waals surface area contributed by atoms with Crippen LogP contribution in [0.15, 0.2) is 11.4 Å². The molecule has 4 rings (SSSR count). The summed E-state index contributed by atoms with van der Waals surface area (Å²) in [5.74, 6) is 0.837. The van der Waals surface area contributed by atoms with Crippen molar-refractivity contribution >= 4 is 23.0 Å². The number of ether oxygens (including phenoxy) is 1. The third kappa shape index (κ3) is 5.71. The molecule has 1 aromatic heterocycles. The lowest BCUT2D eigenvalue weighted by molar-refractivity contribution is -0.133. The lowest BCUT2D eigenvalue weighted by Gasteiger charge is -2.38. The number of likely N-dealkylation sites (tertiary alicyclic amines) is 1. The summed E-state index contributed by atoms with van der Waals surface area (Å²) >= 11 is 1.44. The first-order valence-electron chi connectivity index (χ1n) is 11.8. The van der Waals surface area contributed by atoms with Crippen molar-refractivity contribution in [1.82, 2.24) is 9.80 Å². The molecule has 1 atom stereocenters. The fraction of sp³-hybridized carbons (Fsp3) is 0.750. The van der Waals surface area contributed by atoms with E-state index in [1.165, 1.54) is 63.0 Å². The van der Waals surface area contributed by atoms with E-state index in [0.717, 1.165) is 42.5 Å². The molecule has 0 unspecified atom stereocenters. The average molecular weight is 433 g/mol. The van der Waals surface area contributed by atoms with Gasteiger partial charge in [-0.3, -0.25) is 9.59 Å². The molecule has 0 bridgehead atoms. The minimum Gasteiger partial charge on any atom is -0.376 e. The third-order valence-corrected chi connectivity index (χ3v) is 8.21. The van der Waals surface area contributed by atoms with Gasteiger partial charge in [-0.25, -0.2) is 0 Å². The Morgan fingerprint density at radius 1 is 1.10 bits per heavy atom. The Morgan fingerprint density at radius 3 is 2.50 bits per heavy atom. The maximum Gasteiger partial charge on any atom is 0.227 e. The van der Waals surface area contributed by atoms with Gasteiger partial charge in [-0.1, -0.05) is 12.8 Å². The molecule has 6 heteroatoms. The number of Topliss-reactive ketones (excluding diaryl/α,β-unsaturated/α-hetero) is 1. The molecule has 0 radical (unpaired) electrons. The van der Waals surface area contributed by atoms with Crippen molar-refractivity contribution in [2.24, 2.45) is 5.92 Å². The summed E-state index contributed by atoms with van der Waals surface area (Å²) in [7, 11) is 0. The van der Waals surface area contributed by atoms with Gasteiger partial charge in [-0.15, -0.1) is 11.3 Å². The van der Waals surface area contributed by atoms with Crippen LogP contribution in [0.3, 0.4) is 0 Å². The molecule has 2 aliphatic heterocycles. The van der Waals surface area contributed by atoms with E-state index >= 15 is 0 Å². The van der Waals surface area contributed by atoms with E-state index in [1.807, 2.05) is 11.4 Å². The summed E-state index contributed by atoms with van der Waals surface area (Å²) < 4.78 is 5.85. The first-order valence-corrected chi connectivity index (χ1v) is 12.7. The fourth-order valence-electron chi connectivity index (χ4n) is 5.33. The Balaban J connectivity index is 1.34. The second-order valence-electron chi connectivity index (χ2n) is 9.40. The van der Waals surface area contributed by atoms with Crippen molar-refractivity contribution in [1.29, 1.82) is 0 Å². The summed E-state index contributed by atoms with van der Waals surface area (Å²) in [5, 5.41) is 1.96. The van der Waals surface area contributed by atoms with Gasteiger partial charge in [0.25, 0.3) is 0 Å². The second-order valence-corrected chi connectivity index (χ2v) is 10.3. The smallest absolute Gasteiger partial charge is 0.227 e. The average Bonchev–Trinajstić information content (AvgIpc) is 3.50. The van der Waals surface area contributed by atoms with Crippen molar-refractivity contribution in [3.8, 4) is 0 Å². The quantitative estimate of drug-likeness (QED) is 0.579. The molecule has 0 N–H and O–H groups in total. The Labute approximate surface area is 184 Å². The monoisotopic (exact) mass is 432 g/mol. The highest BCUT2D eigenvalue weighted by Crippen LogP contribution is 2.28. The molecule has 30 heavy (non-hydrogen) atoms. The zero-order valence-electron chi connectivity index (χ0n) is 18.3. The van der Waals surface area contributed by atoms with E-state index in [1.54, 1.807) is 6.92 Å². The second kappa shape index (κ2) is 10.4. The van der Waals surface area contributed by atoms with Crippen molar-refractivity contribution in [3.63, 3.8) is 0 Å². The maximum absolute atomic E-state index is 13.2. The van der Waals surface area contributed by atoms with Crippen molar-refractivity contribution in [2.45, 2.75) is 76.9 Å². The number of rotatable bonds is 8. The number of thiophene rings is 1. The Bertz CT molecular complexity index is 714. The zero-order valence-corrected chi connectivity index (χ0v) is 19.1. The number of carbonyl (C=O) groups excluding carboxylic acids is 2. The van der Waals surface area contributed by atoms with E-state index in [-0.39, 0.29) is 17.8 Å². The third-order valence-electron chi connectivity index (χ3n) is 7.13. The molecule has 3 heterocycles. The highest BCUT2D eigenvalue weighted by atomic mass is 32.1. The number of ketones is 1. The van der Waals surface area contributed by atoms with Crippen LogP contribution in [0.1, 0.15) is 73.5 Å². The van der Waals surface area contributed by atoms with Crippen molar-refractivity contribution in [3.05, 3.63) is 21.9 Å². The van der Waals surface area contributed by atoms with Gasteiger partial charge in [0.2, 0.25) is 5.91 Å². The molecule has 1 amide bonds. The molecule has 1 saturated carbocycles. The van der Waals surface area contributed by atoms with Crippen LogP contribution in [-0.2, 0) is 16.0 Å². The van der Waals surface area contributed by atoms with E-state index in [4.69, 9.17) is 4.74 Å². The summed E-state index contributed by atoms with van der Waals surface area (Å²) in [6.07, 6.45) is 10.6. The first-order chi connectivity index (χ1) is 14.6. The van der Waals surface area contributed by atoms with Crippen LogP contribution in [0.5, 0.6) is 0 Å². The number of piperidine rings is 1. The largest absolute Gasteiger partial charge is 0.376 e. The summed E-state index contributed by atoms with van der Waals surface area (Å²) in [6.45, 7) is 6.33. The minimum absolute atomic E-state index is 0.0731. The van der Waals surface area contributed by atoms with Gasteiger partial charge >= 0.3 is 0 Å². The van der Waals surface area contributed by atoms with Crippen LogP contribution in [-0.4, -0.2) is 66.4 Å². The number of nitrogens with zero attached hydrogens (tertiary/aromatic N) is 2. The predicted molar refractivity (Wildman–Crippen MR) is 120 cm³/mol. The highest BCUT2D eigenvalue weighted by Gasteiger charge is 2.30. The van der Waals surface area contributed by atoms with Crippen LogP contribution < -0.4 is 0 Å². The fourth-order valence-corrected chi connectivity index (χ4v) is 6.15. The predicted octanol–water partition coefficient (Wildman–Crippen LogP) is 4.16. The SMILES string of the molecule is CC(=O)c1cc(CC(=O)N(CC2CCN(C3CCCC3)CC2)C[C@H]2CCCO2)cs1. The van der Waals surface area contributed by atoms with Gasteiger partial charge in [0, 0.05) is 25.7 Å². The molecular weight excluding hydrogens is 396 g/mol. The van der Waals surface area contributed by atoms with E-state index in [9.17, 15) is 9.59 Å². The molecule has 2 saturated heterocycles. The summed E-state index contributed by atoms with van der Waals surface area (Å²) in [5.41, 5.74) is 0.962. The van der Waals surface area contributed by atoms with E-state index in [0.29, 0.717) is 18.9 Å². The van der Waals surface area contributed by atoms with Crippen LogP contribution in [0.2, 0.25) is 0 Å². The molecule has 5 nitrogen and oxygen atoms in total. The van der Waals surface area contributed by atoms with Gasteiger partial charge in [-0.05, 0) is 81.5 Å². The van der Waals surface area contributed by atoms with Crippen LogP contribution in [0, 0.1) is 5.92 Å². The highest BCUT2D eigenvalue weighted by molar-refractivity contribution is 7.12. The van der Waals surface area contributed by atoms with E-state index < -0.39 is 0 Å². The van der Waals surface area contributed by atoms with Crippen molar-refractivity contribution in [2.75, 3.05) is 32.8 Å². The van der Waals surface area contributed by atoms with Gasteiger partial charge < -0.3 is 14.5 Å². The Kier molecular flexibility index (Phi) is 7.60. The lowest BCUT2D eigenvalue weighted by atomic mass is 9.94. The van der Waals surface area contributed by atoms with Crippen LogP contribution >= 0.6 is 11.3 Å². The van der Waals surface area contributed by atoms with Gasteiger partial charge in [0.15, 0.2) is 5.78 Å². The first kappa shape index (κ1) is 22.0. The molecule has 166 valence electrons. The summed E-state index contributed by atoms with van der Waals surface area (Å²) in [6, 6.07) is 2.69. The standard InChI is InChI=1S/C24H36N2O3S/c1-18(27)23-13-20(17-30-23)14-24(28)26(16-22-7-4-12-29-22)15-19-8-10-25(11-9-19)21-5-2-3-6-21/h13,17,19,21-22H,2-12,14-16H2,1H3/t22-/m1/s1. The molecule has 0 aromatic carbocycles. The number of hydrogen-bond acceptors (Lipinski definition) is 5. The molecule has 0 spiro atoms.